The van der Waals surface area contributed by atoms with Crippen LogP contribution in [0.1, 0.15) is 11.3 Å². The van der Waals surface area contributed by atoms with E-state index in [0.717, 1.165) is 22.2 Å². The Morgan fingerprint density at radius 2 is 2.00 bits per heavy atom. The van der Waals surface area contributed by atoms with Gasteiger partial charge < -0.3 is 9.47 Å². The lowest BCUT2D eigenvalue weighted by Crippen LogP contribution is -1.95. The molecule has 4 heteroatoms. The molecule has 19 heavy (non-hydrogen) atoms. The van der Waals surface area contributed by atoms with Gasteiger partial charge in [-0.1, -0.05) is 6.07 Å². The number of aryl methyl sites for hydroxylation is 1. The molecule has 98 valence electrons. The highest BCUT2D eigenvalue weighted by atomic mass is 16.5. The van der Waals surface area contributed by atoms with Gasteiger partial charge in [-0.05, 0) is 31.2 Å². The van der Waals surface area contributed by atoms with Gasteiger partial charge in [0.25, 0.3) is 0 Å². The van der Waals surface area contributed by atoms with Crippen LogP contribution in [0.4, 0.5) is 0 Å². The Hall–Kier alpha value is -2.36. The first kappa shape index (κ1) is 13.1. The van der Waals surface area contributed by atoms with Crippen LogP contribution in [0.25, 0.3) is 17.0 Å². The highest BCUT2D eigenvalue weighted by Crippen LogP contribution is 2.28. The van der Waals surface area contributed by atoms with Crippen molar-refractivity contribution in [2.45, 2.75) is 6.92 Å². The molecule has 0 radical (unpaired) electrons. The first-order chi connectivity index (χ1) is 9.15. The third-order valence-corrected chi connectivity index (χ3v) is 2.82. The third kappa shape index (κ3) is 2.73. The number of fused-ring (bicyclic) bond motifs is 1. The van der Waals surface area contributed by atoms with E-state index in [2.05, 4.69) is 9.72 Å². The molecule has 0 atom stereocenters. The van der Waals surface area contributed by atoms with E-state index in [0.29, 0.717) is 5.75 Å². The number of aromatic nitrogens is 1. The maximum atomic E-state index is 11.2. The van der Waals surface area contributed by atoms with Crippen molar-refractivity contribution in [3.63, 3.8) is 0 Å². The minimum atomic E-state index is -0.404. The summed E-state index contributed by atoms with van der Waals surface area (Å²) >= 11 is 0. The van der Waals surface area contributed by atoms with Gasteiger partial charge in [-0.25, -0.2) is 4.79 Å². The summed E-state index contributed by atoms with van der Waals surface area (Å²) < 4.78 is 9.91. The molecule has 0 unspecified atom stereocenters. The summed E-state index contributed by atoms with van der Waals surface area (Å²) in [7, 11) is 2.94. The second kappa shape index (κ2) is 5.52. The van der Waals surface area contributed by atoms with Crippen molar-refractivity contribution in [1.29, 1.82) is 0 Å². The van der Waals surface area contributed by atoms with Crippen LogP contribution in [-0.2, 0) is 9.53 Å². The molecule has 0 saturated heterocycles. The highest BCUT2D eigenvalue weighted by Gasteiger charge is 2.07. The fourth-order valence-electron chi connectivity index (χ4n) is 1.88. The lowest BCUT2D eigenvalue weighted by atomic mass is 10.1. The van der Waals surface area contributed by atoms with E-state index < -0.39 is 5.97 Å². The van der Waals surface area contributed by atoms with Crippen LogP contribution < -0.4 is 4.74 Å². The number of carbonyl (C=O) groups is 1. The first-order valence-electron chi connectivity index (χ1n) is 5.86. The fraction of sp³-hybridized carbons (Fsp3) is 0.200. The summed E-state index contributed by atoms with van der Waals surface area (Å²) in [5.41, 5.74) is 2.63. The van der Waals surface area contributed by atoms with Crippen LogP contribution in [-0.4, -0.2) is 25.2 Å². The van der Waals surface area contributed by atoms with E-state index in [1.54, 1.807) is 13.2 Å². The summed E-state index contributed by atoms with van der Waals surface area (Å²) in [6.45, 7) is 1.94. The standard InChI is InChI=1S/C15H15NO3/c1-10-4-5-11-12(6-9-15(17)19-3)14(18-2)8-7-13(11)16-10/h4-9H,1-3H3/b9-6+. The molecule has 0 N–H and O–H groups in total. The number of hydrogen-bond acceptors (Lipinski definition) is 4. The number of esters is 1. The zero-order valence-corrected chi connectivity index (χ0v) is 11.1. The van der Waals surface area contributed by atoms with E-state index in [1.165, 1.54) is 13.2 Å². The van der Waals surface area contributed by atoms with E-state index in [4.69, 9.17) is 4.74 Å². The summed E-state index contributed by atoms with van der Waals surface area (Å²) in [5, 5.41) is 0.935. The van der Waals surface area contributed by atoms with Crippen LogP contribution in [0.15, 0.2) is 30.3 Å². The maximum absolute atomic E-state index is 11.2. The summed E-state index contributed by atoms with van der Waals surface area (Å²) in [5.74, 6) is 0.289. The predicted molar refractivity (Wildman–Crippen MR) is 74.1 cm³/mol. The lowest BCUT2D eigenvalue weighted by Gasteiger charge is -2.08. The monoisotopic (exact) mass is 257 g/mol. The zero-order chi connectivity index (χ0) is 13.8. The first-order valence-corrected chi connectivity index (χ1v) is 5.86. The van der Waals surface area contributed by atoms with E-state index in [-0.39, 0.29) is 0 Å². The van der Waals surface area contributed by atoms with Crippen molar-refractivity contribution in [3.8, 4) is 5.75 Å². The normalized spacial score (nSPS) is 10.9. The van der Waals surface area contributed by atoms with Gasteiger partial charge in [0.15, 0.2) is 0 Å². The van der Waals surface area contributed by atoms with Gasteiger partial charge in [-0.15, -0.1) is 0 Å². The van der Waals surface area contributed by atoms with Crippen LogP contribution in [0.3, 0.4) is 0 Å². The molecule has 2 rings (SSSR count). The van der Waals surface area contributed by atoms with Gasteiger partial charge in [0.05, 0.1) is 19.7 Å². The number of pyridine rings is 1. The second-order valence-electron chi connectivity index (χ2n) is 4.06. The Morgan fingerprint density at radius 3 is 2.68 bits per heavy atom. The predicted octanol–water partition coefficient (Wildman–Crippen LogP) is 2.74. The van der Waals surface area contributed by atoms with E-state index in [1.807, 2.05) is 31.2 Å². The molecule has 0 amide bonds. The molecule has 0 bridgehead atoms. The Balaban J connectivity index is 2.61. The third-order valence-electron chi connectivity index (χ3n) is 2.82. The molecule has 1 heterocycles. The Morgan fingerprint density at radius 1 is 1.21 bits per heavy atom. The Labute approximate surface area is 111 Å². The van der Waals surface area contributed by atoms with Crippen LogP contribution in [0.2, 0.25) is 0 Å². The van der Waals surface area contributed by atoms with Gasteiger partial charge in [0.2, 0.25) is 0 Å². The minimum absolute atomic E-state index is 0.404. The molecular formula is C15H15NO3. The average Bonchev–Trinajstić information content (AvgIpc) is 2.43. The number of hydrogen-bond donors (Lipinski definition) is 0. The topological polar surface area (TPSA) is 48.4 Å². The Bertz CT molecular complexity index is 647. The number of benzene rings is 1. The number of methoxy groups -OCH3 is 2. The quantitative estimate of drug-likeness (QED) is 0.626. The molecule has 4 nitrogen and oxygen atoms in total. The second-order valence-corrected chi connectivity index (χ2v) is 4.06. The molecule has 0 aliphatic carbocycles. The van der Waals surface area contributed by atoms with Crippen molar-refractivity contribution >= 4 is 22.9 Å². The molecule has 0 fully saturated rings. The van der Waals surface area contributed by atoms with Gasteiger partial charge in [-0.2, -0.15) is 0 Å². The van der Waals surface area contributed by atoms with Gasteiger partial charge in [0.1, 0.15) is 5.75 Å². The van der Waals surface area contributed by atoms with Crippen molar-refractivity contribution in [2.24, 2.45) is 0 Å². The molecule has 0 aliphatic heterocycles. The lowest BCUT2D eigenvalue weighted by molar-refractivity contribution is -0.134. The molecule has 1 aromatic heterocycles. The highest BCUT2D eigenvalue weighted by molar-refractivity contribution is 5.95. The summed E-state index contributed by atoms with van der Waals surface area (Å²) in [4.78, 5) is 15.7. The summed E-state index contributed by atoms with van der Waals surface area (Å²) in [6, 6.07) is 7.64. The van der Waals surface area contributed by atoms with Crippen molar-refractivity contribution in [2.75, 3.05) is 14.2 Å². The van der Waals surface area contributed by atoms with Gasteiger partial charge in [0, 0.05) is 22.7 Å². The van der Waals surface area contributed by atoms with Crippen molar-refractivity contribution in [3.05, 3.63) is 41.6 Å². The number of ether oxygens (including phenoxy) is 2. The largest absolute Gasteiger partial charge is 0.496 e. The van der Waals surface area contributed by atoms with Gasteiger partial charge >= 0.3 is 5.97 Å². The molecule has 0 aliphatic rings. The number of carbonyl (C=O) groups excluding carboxylic acids is 1. The van der Waals surface area contributed by atoms with Gasteiger partial charge in [-0.3, -0.25) is 4.98 Å². The smallest absolute Gasteiger partial charge is 0.330 e. The maximum Gasteiger partial charge on any atom is 0.330 e. The molecule has 1 aromatic carbocycles. The number of rotatable bonds is 3. The fourth-order valence-corrected chi connectivity index (χ4v) is 1.88. The van der Waals surface area contributed by atoms with Crippen molar-refractivity contribution in [1.82, 2.24) is 4.98 Å². The molecule has 2 aromatic rings. The summed E-state index contributed by atoms with van der Waals surface area (Å²) in [6.07, 6.45) is 3.06. The van der Waals surface area contributed by atoms with Crippen molar-refractivity contribution < 1.29 is 14.3 Å². The minimum Gasteiger partial charge on any atom is -0.496 e. The van der Waals surface area contributed by atoms with Crippen LogP contribution in [0.5, 0.6) is 5.75 Å². The molecule has 0 saturated carbocycles. The average molecular weight is 257 g/mol. The molecular weight excluding hydrogens is 242 g/mol. The number of nitrogens with zero attached hydrogens (tertiary/aromatic N) is 1. The van der Waals surface area contributed by atoms with Crippen LogP contribution >= 0.6 is 0 Å². The van der Waals surface area contributed by atoms with Crippen LogP contribution in [0, 0.1) is 6.92 Å². The molecule has 0 spiro atoms. The van der Waals surface area contributed by atoms with E-state index >= 15 is 0 Å². The Kier molecular flexibility index (Phi) is 3.80. The zero-order valence-electron chi connectivity index (χ0n) is 11.1. The SMILES string of the molecule is COC(=O)/C=C/c1c(OC)ccc2nc(C)ccc12. The van der Waals surface area contributed by atoms with E-state index in [9.17, 15) is 4.79 Å².